The van der Waals surface area contributed by atoms with Gasteiger partial charge in [0.1, 0.15) is 0 Å². The SMILES string of the molecule is CCNC1CCC(CC)CC1CN1CCN(C)C(C)(C)C1. The third-order valence-corrected chi connectivity index (χ3v) is 6.02. The lowest BCUT2D eigenvalue weighted by Crippen LogP contribution is -2.59. The fourth-order valence-corrected chi connectivity index (χ4v) is 4.29. The molecule has 3 unspecified atom stereocenters. The Labute approximate surface area is 132 Å². The lowest BCUT2D eigenvalue weighted by Gasteiger charge is -2.47. The minimum Gasteiger partial charge on any atom is -0.314 e. The van der Waals surface area contributed by atoms with E-state index in [1.54, 1.807) is 0 Å². The van der Waals surface area contributed by atoms with Crippen LogP contribution in [0.1, 0.15) is 53.4 Å². The van der Waals surface area contributed by atoms with Crippen molar-refractivity contribution in [1.82, 2.24) is 15.1 Å². The summed E-state index contributed by atoms with van der Waals surface area (Å²) in [5, 5.41) is 3.76. The summed E-state index contributed by atoms with van der Waals surface area (Å²) in [6, 6.07) is 0.751. The van der Waals surface area contributed by atoms with E-state index in [4.69, 9.17) is 0 Å². The molecule has 0 amide bonds. The minimum absolute atomic E-state index is 0.324. The van der Waals surface area contributed by atoms with Crippen molar-refractivity contribution in [3.63, 3.8) is 0 Å². The maximum Gasteiger partial charge on any atom is 0.0277 e. The van der Waals surface area contributed by atoms with Crippen molar-refractivity contribution >= 4 is 0 Å². The second kappa shape index (κ2) is 7.43. The van der Waals surface area contributed by atoms with Crippen LogP contribution in [-0.2, 0) is 0 Å². The molecular weight excluding hydrogens is 258 g/mol. The van der Waals surface area contributed by atoms with E-state index in [1.165, 1.54) is 51.9 Å². The molecular formula is C18H37N3. The van der Waals surface area contributed by atoms with Gasteiger partial charge in [-0.3, -0.25) is 9.80 Å². The van der Waals surface area contributed by atoms with E-state index in [-0.39, 0.29) is 0 Å². The summed E-state index contributed by atoms with van der Waals surface area (Å²) in [5.74, 6) is 1.81. The number of nitrogens with zero attached hydrogens (tertiary/aromatic N) is 2. The van der Waals surface area contributed by atoms with Crippen molar-refractivity contribution in [2.45, 2.75) is 65.0 Å². The molecule has 1 heterocycles. The largest absolute Gasteiger partial charge is 0.314 e. The monoisotopic (exact) mass is 295 g/mol. The lowest BCUT2D eigenvalue weighted by atomic mass is 9.76. The van der Waals surface area contributed by atoms with Gasteiger partial charge in [-0.1, -0.05) is 20.3 Å². The molecule has 3 heteroatoms. The second-order valence-corrected chi connectivity index (χ2v) is 7.98. The summed E-state index contributed by atoms with van der Waals surface area (Å²) < 4.78 is 0. The van der Waals surface area contributed by atoms with Gasteiger partial charge in [-0.25, -0.2) is 0 Å². The summed E-state index contributed by atoms with van der Waals surface area (Å²) in [6.45, 7) is 15.5. The van der Waals surface area contributed by atoms with E-state index in [9.17, 15) is 0 Å². The quantitative estimate of drug-likeness (QED) is 0.841. The Hall–Kier alpha value is -0.120. The van der Waals surface area contributed by atoms with Gasteiger partial charge >= 0.3 is 0 Å². The molecule has 0 aromatic rings. The zero-order valence-corrected chi connectivity index (χ0v) is 15.0. The van der Waals surface area contributed by atoms with Crippen LogP contribution in [0.2, 0.25) is 0 Å². The van der Waals surface area contributed by atoms with Crippen LogP contribution in [0.4, 0.5) is 0 Å². The Morgan fingerprint density at radius 1 is 1.14 bits per heavy atom. The van der Waals surface area contributed by atoms with E-state index in [0.717, 1.165) is 24.4 Å². The van der Waals surface area contributed by atoms with Crippen LogP contribution < -0.4 is 5.32 Å². The number of nitrogens with one attached hydrogen (secondary N) is 1. The number of piperazine rings is 1. The summed E-state index contributed by atoms with van der Waals surface area (Å²) in [6.07, 6.45) is 5.61. The molecule has 3 atom stereocenters. The van der Waals surface area contributed by atoms with Crippen molar-refractivity contribution in [1.29, 1.82) is 0 Å². The van der Waals surface area contributed by atoms with Crippen molar-refractivity contribution in [2.75, 3.05) is 39.8 Å². The first kappa shape index (κ1) is 17.2. The molecule has 0 bridgehead atoms. The molecule has 2 rings (SSSR count). The highest BCUT2D eigenvalue weighted by molar-refractivity contribution is 4.92. The van der Waals surface area contributed by atoms with Gasteiger partial charge in [-0.2, -0.15) is 0 Å². The minimum atomic E-state index is 0.324. The first-order chi connectivity index (χ1) is 9.96. The van der Waals surface area contributed by atoms with Crippen LogP contribution in [0.25, 0.3) is 0 Å². The zero-order chi connectivity index (χ0) is 15.5. The molecule has 2 aliphatic rings. The van der Waals surface area contributed by atoms with E-state index in [2.05, 4.69) is 49.9 Å². The Morgan fingerprint density at radius 2 is 1.90 bits per heavy atom. The fraction of sp³-hybridized carbons (Fsp3) is 1.00. The van der Waals surface area contributed by atoms with Gasteiger partial charge in [0.15, 0.2) is 0 Å². The molecule has 1 saturated carbocycles. The number of hydrogen-bond acceptors (Lipinski definition) is 3. The molecule has 1 saturated heterocycles. The average Bonchev–Trinajstić information content (AvgIpc) is 2.44. The van der Waals surface area contributed by atoms with E-state index in [1.807, 2.05) is 0 Å². The standard InChI is InChI=1S/C18H37N3/c1-6-15-8-9-17(19-7-2)16(12-15)13-21-11-10-20(5)18(3,4)14-21/h15-17,19H,6-14H2,1-5H3. The number of rotatable bonds is 5. The third kappa shape index (κ3) is 4.43. The molecule has 0 aromatic heterocycles. The van der Waals surface area contributed by atoms with Gasteiger partial charge in [-0.05, 0) is 58.5 Å². The topological polar surface area (TPSA) is 18.5 Å². The van der Waals surface area contributed by atoms with Crippen LogP contribution in [-0.4, -0.2) is 61.2 Å². The number of likely N-dealkylation sites (N-methyl/N-ethyl adjacent to an activating group) is 1. The van der Waals surface area contributed by atoms with Crippen LogP contribution in [0.5, 0.6) is 0 Å². The Morgan fingerprint density at radius 3 is 2.52 bits per heavy atom. The summed E-state index contributed by atoms with van der Waals surface area (Å²) in [7, 11) is 2.27. The zero-order valence-electron chi connectivity index (χ0n) is 15.0. The highest BCUT2D eigenvalue weighted by atomic mass is 15.3. The summed E-state index contributed by atoms with van der Waals surface area (Å²) in [4.78, 5) is 5.24. The smallest absolute Gasteiger partial charge is 0.0277 e. The normalized spacial score (nSPS) is 35.0. The van der Waals surface area contributed by atoms with E-state index in [0.29, 0.717) is 5.54 Å². The maximum atomic E-state index is 3.76. The molecule has 0 spiro atoms. The maximum absolute atomic E-state index is 3.76. The van der Waals surface area contributed by atoms with E-state index >= 15 is 0 Å². The first-order valence-electron chi connectivity index (χ1n) is 9.13. The van der Waals surface area contributed by atoms with Crippen molar-refractivity contribution in [3.8, 4) is 0 Å². The molecule has 1 aliphatic carbocycles. The summed E-state index contributed by atoms with van der Waals surface area (Å²) in [5.41, 5.74) is 0.324. The first-order valence-corrected chi connectivity index (χ1v) is 9.13. The molecule has 1 N–H and O–H groups in total. The van der Waals surface area contributed by atoms with Crippen LogP contribution in [0.15, 0.2) is 0 Å². The van der Waals surface area contributed by atoms with Gasteiger partial charge in [-0.15, -0.1) is 0 Å². The third-order valence-electron chi connectivity index (χ3n) is 6.02. The second-order valence-electron chi connectivity index (χ2n) is 7.98. The highest BCUT2D eigenvalue weighted by Gasteiger charge is 2.35. The summed E-state index contributed by atoms with van der Waals surface area (Å²) >= 11 is 0. The Bertz CT molecular complexity index is 316. The van der Waals surface area contributed by atoms with Crippen molar-refractivity contribution in [3.05, 3.63) is 0 Å². The van der Waals surface area contributed by atoms with Crippen molar-refractivity contribution < 1.29 is 0 Å². The highest BCUT2D eigenvalue weighted by Crippen LogP contribution is 2.32. The average molecular weight is 296 g/mol. The van der Waals surface area contributed by atoms with Gasteiger partial charge < -0.3 is 5.32 Å². The van der Waals surface area contributed by atoms with Crippen LogP contribution in [0.3, 0.4) is 0 Å². The molecule has 2 fully saturated rings. The lowest BCUT2D eigenvalue weighted by molar-refractivity contribution is 0.0216. The predicted molar refractivity (Wildman–Crippen MR) is 91.7 cm³/mol. The molecule has 0 aromatic carbocycles. The van der Waals surface area contributed by atoms with Crippen LogP contribution >= 0.6 is 0 Å². The Kier molecular flexibility index (Phi) is 6.10. The van der Waals surface area contributed by atoms with E-state index < -0.39 is 0 Å². The fourth-order valence-electron chi connectivity index (χ4n) is 4.29. The van der Waals surface area contributed by atoms with Gasteiger partial charge in [0.25, 0.3) is 0 Å². The van der Waals surface area contributed by atoms with Gasteiger partial charge in [0.2, 0.25) is 0 Å². The molecule has 21 heavy (non-hydrogen) atoms. The molecule has 3 nitrogen and oxygen atoms in total. The molecule has 1 aliphatic heterocycles. The van der Waals surface area contributed by atoms with Crippen LogP contribution in [0, 0.1) is 11.8 Å². The Balaban J connectivity index is 1.94. The predicted octanol–water partition coefficient (Wildman–Crippen LogP) is 2.82. The van der Waals surface area contributed by atoms with Gasteiger partial charge in [0, 0.05) is 37.8 Å². The molecule has 0 radical (unpaired) electrons. The molecule has 124 valence electrons. The number of hydrogen-bond donors (Lipinski definition) is 1. The van der Waals surface area contributed by atoms with Crippen molar-refractivity contribution in [2.24, 2.45) is 11.8 Å². The van der Waals surface area contributed by atoms with Gasteiger partial charge in [0.05, 0.1) is 0 Å².